The number of thiophene rings is 1. The van der Waals surface area contributed by atoms with Crippen molar-refractivity contribution >= 4 is 34.8 Å². The van der Waals surface area contributed by atoms with E-state index in [1.54, 1.807) is 28.4 Å². The molecule has 0 aliphatic carbocycles. The molecule has 3 aromatic rings. The first-order valence-corrected chi connectivity index (χ1v) is 11.8. The van der Waals surface area contributed by atoms with Crippen LogP contribution in [0.5, 0.6) is 0 Å². The Bertz CT molecular complexity index is 1200. The standard InChI is InChI=1S/C25H26ClN3O2S/c1-15-19(16-7-8-27-22(12-16)25(2,3)4)13-21(32-15)18-6-5-17(11-20(18)26)24(31)29-10-9-28-23(30)14-29/h5-8,11-13H,9-10,14H2,1-4H3,(H,28,30). The maximum atomic E-state index is 12.8. The Hall–Kier alpha value is -2.70. The molecule has 0 unspecified atom stereocenters. The highest BCUT2D eigenvalue weighted by Crippen LogP contribution is 2.40. The molecule has 32 heavy (non-hydrogen) atoms. The van der Waals surface area contributed by atoms with Gasteiger partial charge in [0, 0.05) is 51.3 Å². The second-order valence-electron chi connectivity index (χ2n) is 9.03. The van der Waals surface area contributed by atoms with Gasteiger partial charge in [-0.25, -0.2) is 0 Å². The lowest BCUT2D eigenvalue weighted by atomic mass is 9.90. The summed E-state index contributed by atoms with van der Waals surface area (Å²) in [6.45, 7) is 9.62. The Kier molecular flexibility index (Phi) is 6.10. The van der Waals surface area contributed by atoms with Gasteiger partial charge in [-0.3, -0.25) is 14.6 Å². The highest BCUT2D eigenvalue weighted by Gasteiger charge is 2.23. The lowest BCUT2D eigenvalue weighted by Crippen LogP contribution is -2.49. The molecule has 0 atom stereocenters. The number of piperazine rings is 1. The highest BCUT2D eigenvalue weighted by molar-refractivity contribution is 7.16. The van der Waals surface area contributed by atoms with Gasteiger partial charge in [0.05, 0.1) is 11.6 Å². The lowest BCUT2D eigenvalue weighted by molar-refractivity contribution is -0.123. The number of carbonyl (C=O) groups is 2. The van der Waals surface area contributed by atoms with Crippen molar-refractivity contribution in [3.05, 3.63) is 63.8 Å². The first kappa shape index (κ1) is 22.5. The molecule has 5 nitrogen and oxygen atoms in total. The van der Waals surface area contributed by atoms with E-state index in [1.165, 1.54) is 4.88 Å². The summed E-state index contributed by atoms with van der Waals surface area (Å²) in [5, 5.41) is 3.25. The molecule has 7 heteroatoms. The Morgan fingerprint density at radius 3 is 2.62 bits per heavy atom. The normalized spacial score (nSPS) is 14.4. The number of hydrogen-bond donors (Lipinski definition) is 1. The molecule has 1 fully saturated rings. The Morgan fingerprint density at radius 1 is 1.16 bits per heavy atom. The fraction of sp³-hybridized carbons (Fsp3) is 0.320. The van der Waals surface area contributed by atoms with Gasteiger partial charge in [-0.05, 0) is 48.4 Å². The molecule has 0 spiro atoms. The minimum absolute atomic E-state index is 0.0243. The molecule has 2 aromatic heterocycles. The van der Waals surface area contributed by atoms with E-state index < -0.39 is 0 Å². The molecule has 4 rings (SSSR count). The fourth-order valence-corrected chi connectivity index (χ4v) is 5.17. The third-order valence-corrected chi connectivity index (χ3v) is 6.96. The minimum Gasteiger partial charge on any atom is -0.353 e. The summed E-state index contributed by atoms with van der Waals surface area (Å²) >= 11 is 8.29. The number of hydrogen-bond acceptors (Lipinski definition) is 4. The van der Waals surface area contributed by atoms with E-state index in [1.807, 2.05) is 18.3 Å². The van der Waals surface area contributed by atoms with E-state index in [0.717, 1.165) is 27.3 Å². The number of aryl methyl sites for hydroxylation is 1. The predicted molar refractivity (Wildman–Crippen MR) is 130 cm³/mol. The van der Waals surface area contributed by atoms with Gasteiger partial charge >= 0.3 is 0 Å². The lowest BCUT2D eigenvalue weighted by Gasteiger charge is -2.26. The van der Waals surface area contributed by atoms with Gasteiger partial charge in [-0.1, -0.05) is 38.4 Å². The number of pyridine rings is 1. The molecule has 166 valence electrons. The zero-order chi connectivity index (χ0) is 23.0. The minimum atomic E-state index is -0.178. The summed E-state index contributed by atoms with van der Waals surface area (Å²) in [6, 6.07) is 11.7. The van der Waals surface area contributed by atoms with Crippen LogP contribution in [0.25, 0.3) is 21.6 Å². The molecule has 1 aliphatic rings. The largest absolute Gasteiger partial charge is 0.353 e. The van der Waals surface area contributed by atoms with Gasteiger partial charge < -0.3 is 10.2 Å². The molecule has 1 N–H and O–H groups in total. The van der Waals surface area contributed by atoms with E-state index in [-0.39, 0.29) is 23.8 Å². The predicted octanol–water partition coefficient (Wildman–Crippen LogP) is 5.31. The number of amides is 2. The smallest absolute Gasteiger partial charge is 0.254 e. The summed E-state index contributed by atoms with van der Waals surface area (Å²) in [5.41, 5.74) is 4.71. The van der Waals surface area contributed by atoms with Crippen LogP contribution in [0.3, 0.4) is 0 Å². The number of aromatic nitrogens is 1. The van der Waals surface area contributed by atoms with Crippen molar-refractivity contribution in [2.24, 2.45) is 0 Å². The molecule has 0 bridgehead atoms. The van der Waals surface area contributed by atoms with Crippen LogP contribution in [-0.4, -0.2) is 41.3 Å². The van der Waals surface area contributed by atoms with Crippen LogP contribution in [0.15, 0.2) is 42.6 Å². The van der Waals surface area contributed by atoms with E-state index in [0.29, 0.717) is 23.7 Å². The zero-order valence-electron chi connectivity index (χ0n) is 18.7. The third kappa shape index (κ3) is 4.57. The molecule has 0 radical (unpaired) electrons. The molecule has 1 aromatic carbocycles. The van der Waals surface area contributed by atoms with Crippen molar-refractivity contribution in [3.8, 4) is 21.6 Å². The SMILES string of the molecule is Cc1sc(-c2ccc(C(=O)N3CCNC(=O)C3)cc2Cl)cc1-c1ccnc(C(C)(C)C)c1. The monoisotopic (exact) mass is 467 g/mol. The van der Waals surface area contributed by atoms with Gasteiger partial charge in [-0.15, -0.1) is 11.3 Å². The van der Waals surface area contributed by atoms with Gasteiger partial charge in [0.15, 0.2) is 0 Å². The fourth-order valence-electron chi connectivity index (χ4n) is 3.75. The summed E-state index contributed by atoms with van der Waals surface area (Å²) in [7, 11) is 0. The maximum Gasteiger partial charge on any atom is 0.254 e. The molecule has 1 aliphatic heterocycles. The van der Waals surface area contributed by atoms with Crippen molar-refractivity contribution in [1.82, 2.24) is 15.2 Å². The van der Waals surface area contributed by atoms with Crippen LogP contribution in [0, 0.1) is 6.92 Å². The third-order valence-electron chi connectivity index (χ3n) is 5.56. The quantitative estimate of drug-likeness (QED) is 0.567. The van der Waals surface area contributed by atoms with Crippen LogP contribution in [0.1, 0.15) is 41.7 Å². The number of nitrogens with one attached hydrogen (secondary N) is 1. The van der Waals surface area contributed by atoms with Crippen LogP contribution >= 0.6 is 22.9 Å². The number of halogens is 1. The Balaban J connectivity index is 1.63. The number of nitrogens with zero attached hydrogens (tertiary/aromatic N) is 2. The summed E-state index contributed by atoms with van der Waals surface area (Å²) in [5.74, 6) is -0.317. The van der Waals surface area contributed by atoms with Crippen molar-refractivity contribution in [2.45, 2.75) is 33.1 Å². The number of rotatable bonds is 3. The zero-order valence-corrected chi connectivity index (χ0v) is 20.2. The first-order valence-electron chi connectivity index (χ1n) is 10.6. The summed E-state index contributed by atoms with van der Waals surface area (Å²) in [6.07, 6.45) is 1.86. The maximum absolute atomic E-state index is 12.8. The summed E-state index contributed by atoms with van der Waals surface area (Å²) in [4.78, 5) is 32.7. The highest BCUT2D eigenvalue weighted by atomic mass is 35.5. The van der Waals surface area contributed by atoms with E-state index in [2.05, 4.69) is 50.1 Å². The van der Waals surface area contributed by atoms with Gasteiger partial charge in [0.1, 0.15) is 0 Å². The second kappa shape index (κ2) is 8.68. The topological polar surface area (TPSA) is 62.3 Å². The Morgan fingerprint density at radius 2 is 1.94 bits per heavy atom. The van der Waals surface area contributed by atoms with Crippen LogP contribution < -0.4 is 5.32 Å². The molecular weight excluding hydrogens is 442 g/mol. The molecule has 2 amide bonds. The Labute approximate surface area is 197 Å². The second-order valence-corrected chi connectivity index (χ2v) is 10.7. The van der Waals surface area contributed by atoms with Gasteiger partial charge in [0.2, 0.25) is 5.91 Å². The molecule has 0 saturated carbocycles. The van der Waals surface area contributed by atoms with Crippen LogP contribution in [0.2, 0.25) is 5.02 Å². The molecule has 3 heterocycles. The van der Waals surface area contributed by atoms with E-state index >= 15 is 0 Å². The van der Waals surface area contributed by atoms with E-state index in [4.69, 9.17) is 11.6 Å². The van der Waals surface area contributed by atoms with Gasteiger partial charge in [0.25, 0.3) is 5.91 Å². The molecular formula is C25H26ClN3O2S. The van der Waals surface area contributed by atoms with Crippen molar-refractivity contribution in [2.75, 3.05) is 19.6 Å². The molecule has 1 saturated heterocycles. The average molecular weight is 468 g/mol. The van der Waals surface area contributed by atoms with Gasteiger partial charge in [-0.2, -0.15) is 0 Å². The van der Waals surface area contributed by atoms with Crippen LogP contribution in [0.4, 0.5) is 0 Å². The first-order chi connectivity index (χ1) is 15.1. The summed E-state index contributed by atoms with van der Waals surface area (Å²) < 4.78 is 0. The number of carbonyl (C=O) groups excluding carboxylic acids is 2. The van der Waals surface area contributed by atoms with Crippen molar-refractivity contribution in [3.63, 3.8) is 0 Å². The van der Waals surface area contributed by atoms with E-state index in [9.17, 15) is 9.59 Å². The van der Waals surface area contributed by atoms with Crippen molar-refractivity contribution < 1.29 is 9.59 Å². The van der Waals surface area contributed by atoms with Crippen molar-refractivity contribution in [1.29, 1.82) is 0 Å². The van der Waals surface area contributed by atoms with Crippen LogP contribution in [-0.2, 0) is 10.2 Å². The average Bonchev–Trinajstić information content (AvgIpc) is 3.14. The number of benzene rings is 1.